The van der Waals surface area contributed by atoms with Crippen molar-refractivity contribution in [2.75, 3.05) is 25.2 Å². The molecular formula is C23H21N3O5. The van der Waals surface area contributed by atoms with Crippen molar-refractivity contribution >= 4 is 23.5 Å². The number of nitriles is 1. The van der Waals surface area contributed by atoms with Crippen LogP contribution in [0, 0.1) is 11.3 Å². The van der Waals surface area contributed by atoms with Gasteiger partial charge in [-0.1, -0.05) is 24.3 Å². The van der Waals surface area contributed by atoms with Crippen LogP contribution in [-0.4, -0.2) is 48.6 Å². The van der Waals surface area contributed by atoms with Gasteiger partial charge in [0.15, 0.2) is 0 Å². The first-order chi connectivity index (χ1) is 15.0. The standard InChI is InChI=1S/C23H21N3O5/c1-30-12-11-25-21(28)18-7-2-3-8-19(18)26-20(27)9-10-23(25,26)22(29)31-15-17-6-4-5-16(13-17)14-24/h2-8,13H,9-12,15H2,1H3/t23-/m0/s1. The molecule has 2 aromatic rings. The molecule has 1 fully saturated rings. The Hall–Kier alpha value is -3.70. The molecule has 8 nitrogen and oxygen atoms in total. The number of nitrogens with zero attached hydrogens (tertiary/aromatic N) is 3. The Morgan fingerprint density at radius 3 is 2.77 bits per heavy atom. The van der Waals surface area contributed by atoms with Gasteiger partial charge in [0, 0.05) is 26.5 Å². The van der Waals surface area contributed by atoms with Crippen LogP contribution in [0.4, 0.5) is 5.69 Å². The molecule has 158 valence electrons. The summed E-state index contributed by atoms with van der Waals surface area (Å²) in [5, 5.41) is 9.08. The molecule has 8 heteroatoms. The molecule has 0 saturated carbocycles. The van der Waals surface area contributed by atoms with Gasteiger partial charge in [-0.15, -0.1) is 0 Å². The van der Waals surface area contributed by atoms with Gasteiger partial charge in [-0.2, -0.15) is 5.26 Å². The molecule has 4 rings (SSSR count). The maximum atomic E-state index is 13.5. The van der Waals surface area contributed by atoms with E-state index in [9.17, 15) is 14.4 Å². The molecule has 1 saturated heterocycles. The lowest BCUT2D eigenvalue weighted by molar-refractivity contribution is -0.159. The fourth-order valence-corrected chi connectivity index (χ4v) is 4.23. The summed E-state index contributed by atoms with van der Waals surface area (Å²) >= 11 is 0. The summed E-state index contributed by atoms with van der Waals surface area (Å²) in [6, 6.07) is 15.5. The van der Waals surface area contributed by atoms with Crippen molar-refractivity contribution in [3.8, 4) is 6.07 Å². The molecule has 0 aliphatic carbocycles. The van der Waals surface area contributed by atoms with E-state index >= 15 is 0 Å². The van der Waals surface area contributed by atoms with Gasteiger partial charge in [-0.05, 0) is 29.8 Å². The molecule has 2 aliphatic rings. The normalized spacial score (nSPS) is 19.6. The van der Waals surface area contributed by atoms with E-state index < -0.39 is 11.6 Å². The first-order valence-corrected chi connectivity index (χ1v) is 9.92. The van der Waals surface area contributed by atoms with Crippen molar-refractivity contribution in [1.29, 1.82) is 5.26 Å². The van der Waals surface area contributed by atoms with E-state index in [1.165, 1.54) is 16.9 Å². The van der Waals surface area contributed by atoms with E-state index in [1.54, 1.807) is 48.5 Å². The summed E-state index contributed by atoms with van der Waals surface area (Å²) < 4.78 is 10.8. The highest BCUT2D eigenvalue weighted by atomic mass is 16.5. The van der Waals surface area contributed by atoms with Crippen LogP contribution in [-0.2, 0) is 25.7 Å². The first-order valence-electron chi connectivity index (χ1n) is 9.92. The Bertz CT molecular complexity index is 1090. The van der Waals surface area contributed by atoms with Crippen molar-refractivity contribution in [3.05, 3.63) is 65.2 Å². The van der Waals surface area contributed by atoms with Crippen LogP contribution in [0.3, 0.4) is 0 Å². The van der Waals surface area contributed by atoms with Crippen LogP contribution in [0.2, 0.25) is 0 Å². The lowest BCUT2D eigenvalue weighted by Crippen LogP contribution is -2.68. The number of rotatable bonds is 6. The number of fused-ring (bicyclic) bond motifs is 3. The smallest absolute Gasteiger partial charge is 0.354 e. The lowest BCUT2D eigenvalue weighted by Gasteiger charge is -2.48. The third-order valence-electron chi connectivity index (χ3n) is 5.65. The second-order valence-electron chi connectivity index (χ2n) is 7.40. The zero-order chi connectivity index (χ0) is 22.0. The van der Waals surface area contributed by atoms with Gasteiger partial charge in [-0.3, -0.25) is 14.5 Å². The van der Waals surface area contributed by atoms with Crippen LogP contribution in [0.15, 0.2) is 48.5 Å². The maximum absolute atomic E-state index is 13.5. The van der Waals surface area contributed by atoms with Gasteiger partial charge in [-0.25, -0.2) is 4.79 Å². The van der Waals surface area contributed by atoms with Gasteiger partial charge in [0.25, 0.3) is 5.91 Å². The zero-order valence-corrected chi connectivity index (χ0v) is 17.0. The average Bonchev–Trinajstić information content (AvgIpc) is 3.15. The van der Waals surface area contributed by atoms with Crippen LogP contribution < -0.4 is 4.90 Å². The summed E-state index contributed by atoms with van der Waals surface area (Å²) in [5.74, 6) is -1.27. The summed E-state index contributed by atoms with van der Waals surface area (Å²) in [6.07, 6.45) is 0.247. The van der Waals surface area contributed by atoms with Gasteiger partial charge < -0.3 is 14.4 Å². The third-order valence-corrected chi connectivity index (χ3v) is 5.65. The van der Waals surface area contributed by atoms with Crippen molar-refractivity contribution in [2.24, 2.45) is 0 Å². The summed E-state index contributed by atoms with van der Waals surface area (Å²) in [4.78, 5) is 42.5. The minimum atomic E-state index is -1.56. The van der Waals surface area contributed by atoms with Crippen molar-refractivity contribution in [3.63, 3.8) is 0 Å². The fourth-order valence-electron chi connectivity index (χ4n) is 4.23. The molecule has 2 heterocycles. The van der Waals surface area contributed by atoms with E-state index in [1.807, 2.05) is 6.07 Å². The van der Waals surface area contributed by atoms with Gasteiger partial charge in [0.05, 0.1) is 29.5 Å². The second kappa shape index (κ2) is 8.20. The summed E-state index contributed by atoms with van der Waals surface area (Å²) in [5.41, 5.74) is 0.304. The monoisotopic (exact) mass is 419 g/mol. The topological polar surface area (TPSA) is 99.9 Å². The average molecular weight is 419 g/mol. The van der Waals surface area contributed by atoms with E-state index in [0.29, 0.717) is 22.4 Å². The van der Waals surface area contributed by atoms with E-state index in [2.05, 4.69) is 0 Å². The predicted octanol–water partition coefficient (Wildman–Crippen LogP) is 2.23. The van der Waals surface area contributed by atoms with Crippen LogP contribution in [0.25, 0.3) is 0 Å². The largest absolute Gasteiger partial charge is 0.458 e. The quantitative estimate of drug-likeness (QED) is 0.666. The number of anilines is 1. The zero-order valence-electron chi connectivity index (χ0n) is 17.0. The Labute approximate surface area is 179 Å². The number of hydrogen-bond donors (Lipinski definition) is 0. The molecule has 31 heavy (non-hydrogen) atoms. The number of esters is 1. The second-order valence-corrected chi connectivity index (χ2v) is 7.40. The highest BCUT2D eigenvalue weighted by Gasteiger charge is 2.61. The number of benzene rings is 2. The van der Waals surface area contributed by atoms with Crippen LogP contribution in [0.1, 0.15) is 34.3 Å². The first kappa shape index (κ1) is 20.6. The Kier molecular flexibility index (Phi) is 5.44. The third kappa shape index (κ3) is 3.33. The van der Waals surface area contributed by atoms with Gasteiger partial charge >= 0.3 is 5.97 Å². The molecule has 0 aromatic heterocycles. The summed E-state index contributed by atoms with van der Waals surface area (Å²) in [6.45, 7) is 0.258. The van der Waals surface area contributed by atoms with Crippen LogP contribution in [0.5, 0.6) is 0 Å². The molecule has 2 amide bonds. The number of para-hydroxylation sites is 1. The molecule has 0 bridgehead atoms. The fraction of sp³-hybridized carbons (Fsp3) is 0.304. The van der Waals surface area contributed by atoms with Crippen molar-refractivity contribution < 1.29 is 23.9 Å². The van der Waals surface area contributed by atoms with Gasteiger partial charge in [0.2, 0.25) is 11.6 Å². The molecule has 0 radical (unpaired) electrons. The number of hydrogen-bond acceptors (Lipinski definition) is 6. The molecule has 0 unspecified atom stereocenters. The number of ether oxygens (including phenoxy) is 2. The highest BCUT2D eigenvalue weighted by molar-refractivity contribution is 6.15. The van der Waals surface area contributed by atoms with E-state index in [-0.39, 0.29) is 44.4 Å². The minimum absolute atomic E-state index is 0.0773. The minimum Gasteiger partial charge on any atom is -0.458 e. The number of carbonyl (C=O) groups is 3. The van der Waals surface area contributed by atoms with E-state index in [0.717, 1.165) is 0 Å². The molecule has 2 aliphatic heterocycles. The van der Waals surface area contributed by atoms with E-state index in [4.69, 9.17) is 14.7 Å². The van der Waals surface area contributed by atoms with Crippen molar-refractivity contribution in [2.45, 2.75) is 25.1 Å². The highest BCUT2D eigenvalue weighted by Crippen LogP contribution is 2.45. The maximum Gasteiger partial charge on any atom is 0.354 e. The van der Waals surface area contributed by atoms with Crippen molar-refractivity contribution in [1.82, 2.24) is 4.90 Å². The number of amides is 2. The summed E-state index contributed by atoms with van der Waals surface area (Å²) in [7, 11) is 1.51. The Morgan fingerprint density at radius 2 is 2.00 bits per heavy atom. The molecule has 0 spiro atoms. The number of methoxy groups -OCH3 is 1. The predicted molar refractivity (Wildman–Crippen MR) is 110 cm³/mol. The molecule has 0 N–H and O–H groups in total. The Balaban J connectivity index is 1.72. The Morgan fingerprint density at radius 1 is 1.19 bits per heavy atom. The number of carbonyl (C=O) groups excluding carboxylic acids is 3. The molecule has 1 atom stereocenters. The lowest BCUT2D eigenvalue weighted by atomic mass is 9.96. The molecular weight excluding hydrogens is 398 g/mol. The van der Waals surface area contributed by atoms with Gasteiger partial charge in [0.1, 0.15) is 6.61 Å². The van der Waals surface area contributed by atoms with Crippen LogP contribution >= 0.6 is 0 Å². The molecule has 2 aromatic carbocycles. The SMILES string of the molecule is COCCN1C(=O)c2ccccc2N2C(=O)CC[C@]12C(=O)OCc1cccc(C#N)c1.